The summed E-state index contributed by atoms with van der Waals surface area (Å²) in [5, 5.41) is 3.04. The van der Waals surface area contributed by atoms with Crippen molar-refractivity contribution in [2.45, 2.75) is 6.54 Å². The van der Waals surface area contributed by atoms with Gasteiger partial charge in [-0.2, -0.15) is 0 Å². The number of H-pyrrole nitrogens is 1. The first-order valence-corrected chi connectivity index (χ1v) is 7.60. The van der Waals surface area contributed by atoms with Crippen molar-refractivity contribution in [2.75, 3.05) is 14.2 Å². The molecule has 3 aromatic rings. The highest BCUT2D eigenvalue weighted by Crippen LogP contribution is 2.20. The topological polar surface area (TPSA) is 93.3 Å². The van der Waals surface area contributed by atoms with Gasteiger partial charge in [-0.1, -0.05) is 18.2 Å². The fraction of sp³-hybridized carbons (Fsp3) is 0.167. The molecule has 128 valence electrons. The summed E-state index contributed by atoms with van der Waals surface area (Å²) in [5.74, 6) is 0.601. The normalized spacial score (nSPS) is 10.5. The molecule has 2 aromatic carbocycles. The third-order valence-electron chi connectivity index (χ3n) is 3.72. The van der Waals surface area contributed by atoms with Gasteiger partial charge in [0, 0.05) is 6.54 Å². The second-order valence-electron chi connectivity index (χ2n) is 5.30. The molecular weight excluding hydrogens is 322 g/mol. The summed E-state index contributed by atoms with van der Waals surface area (Å²) in [4.78, 5) is 31.3. The highest BCUT2D eigenvalue weighted by Gasteiger charge is 2.13. The molecule has 0 atom stereocenters. The molecule has 7 heteroatoms. The minimum atomic E-state index is -0.468. The summed E-state index contributed by atoms with van der Waals surface area (Å²) in [6.45, 7) is 0.288. The van der Waals surface area contributed by atoms with Crippen LogP contribution in [0.4, 0.5) is 0 Å². The first-order chi connectivity index (χ1) is 12.1. The number of ether oxygens (including phenoxy) is 2. The van der Waals surface area contributed by atoms with Crippen molar-refractivity contribution in [3.63, 3.8) is 0 Å². The van der Waals surface area contributed by atoms with Gasteiger partial charge in [0.05, 0.1) is 19.7 Å². The van der Waals surface area contributed by atoms with Crippen LogP contribution in [0, 0.1) is 0 Å². The van der Waals surface area contributed by atoms with Crippen molar-refractivity contribution in [3.8, 4) is 11.5 Å². The first kappa shape index (κ1) is 16.5. The number of nitrogens with zero attached hydrogens (tertiary/aromatic N) is 1. The van der Waals surface area contributed by atoms with E-state index in [-0.39, 0.29) is 12.4 Å². The maximum absolute atomic E-state index is 12.3. The predicted octanol–water partition coefficient (Wildman–Crippen LogP) is 1.87. The highest BCUT2D eigenvalue weighted by atomic mass is 16.5. The van der Waals surface area contributed by atoms with E-state index in [0.29, 0.717) is 22.4 Å². The molecule has 0 saturated carbocycles. The van der Waals surface area contributed by atoms with E-state index in [1.165, 1.54) is 7.11 Å². The number of rotatable bonds is 5. The molecule has 0 aliphatic heterocycles. The number of hydrogen-bond donors (Lipinski definition) is 2. The van der Waals surface area contributed by atoms with Crippen LogP contribution in [0.3, 0.4) is 0 Å². The Morgan fingerprint density at radius 3 is 2.72 bits per heavy atom. The average molecular weight is 339 g/mol. The van der Waals surface area contributed by atoms with Crippen molar-refractivity contribution in [1.29, 1.82) is 0 Å². The molecule has 0 unspecified atom stereocenters. The standard InChI is InChI=1S/C18H17N3O4/c1-24-12-6-3-5-11(9-12)10-19-18(23)16-20-13-7-4-8-14(25-2)15(13)17(22)21-16/h3-9H,10H2,1-2H3,(H,19,23)(H,20,21,22). The van der Waals surface area contributed by atoms with Gasteiger partial charge >= 0.3 is 0 Å². The fourth-order valence-electron chi connectivity index (χ4n) is 2.49. The molecule has 3 rings (SSSR count). The van der Waals surface area contributed by atoms with Gasteiger partial charge in [-0.15, -0.1) is 0 Å². The Kier molecular flexibility index (Phi) is 4.65. The number of carbonyl (C=O) groups is 1. The number of hydrogen-bond acceptors (Lipinski definition) is 5. The lowest BCUT2D eigenvalue weighted by molar-refractivity contribution is 0.0940. The van der Waals surface area contributed by atoms with E-state index in [0.717, 1.165) is 5.56 Å². The summed E-state index contributed by atoms with van der Waals surface area (Å²) in [6.07, 6.45) is 0. The summed E-state index contributed by atoms with van der Waals surface area (Å²) in [5.41, 5.74) is 0.848. The van der Waals surface area contributed by atoms with Crippen molar-refractivity contribution in [2.24, 2.45) is 0 Å². The molecule has 0 aliphatic carbocycles. The largest absolute Gasteiger partial charge is 0.497 e. The Labute approximate surface area is 143 Å². The van der Waals surface area contributed by atoms with Crippen molar-refractivity contribution >= 4 is 16.8 Å². The zero-order chi connectivity index (χ0) is 17.8. The van der Waals surface area contributed by atoms with Gasteiger partial charge in [0.25, 0.3) is 11.5 Å². The monoisotopic (exact) mass is 339 g/mol. The van der Waals surface area contributed by atoms with Gasteiger partial charge in [0.1, 0.15) is 16.9 Å². The minimum absolute atomic E-state index is 0.0475. The number of amides is 1. The average Bonchev–Trinajstić information content (AvgIpc) is 2.65. The zero-order valence-electron chi connectivity index (χ0n) is 13.8. The molecular formula is C18H17N3O4. The second-order valence-corrected chi connectivity index (χ2v) is 5.30. The van der Waals surface area contributed by atoms with E-state index in [9.17, 15) is 9.59 Å². The van der Waals surface area contributed by atoms with E-state index < -0.39 is 11.5 Å². The van der Waals surface area contributed by atoms with E-state index in [4.69, 9.17) is 9.47 Å². The Balaban J connectivity index is 1.84. The molecule has 1 amide bonds. The Bertz CT molecular complexity index is 981. The Morgan fingerprint density at radius 1 is 1.16 bits per heavy atom. The maximum Gasteiger partial charge on any atom is 0.287 e. The molecule has 0 radical (unpaired) electrons. The summed E-state index contributed by atoms with van der Waals surface area (Å²) < 4.78 is 10.3. The van der Waals surface area contributed by atoms with Crippen LogP contribution in [0.2, 0.25) is 0 Å². The van der Waals surface area contributed by atoms with Gasteiger partial charge in [-0.05, 0) is 29.8 Å². The SMILES string of the molecule is COc1cccc(CNC(=O)c2nc3cccc(OC)c3c(=O)[nH]2)c1. The van der Waals surface area contributed by atoms with Gasteiger partial charge in [0.2, 0.25) is 0 Å². The van der Waals surface area contributed by atoms with Gasteiger partial charge in [-0.3, -0.25) is 9.59 Å². The lowest BCUT2D eigenvalue weighted by Crippen LogP contribution is -2.27. The number of methoxy groups -OCH3 is 2. The molecule has 25 heavy (non-hydrogen) atoms. The molecule has 0 bridgehead atoms. The van der Waals surface area contributed by atoms with Crippen LogP contribution in [0.15, 0.2) is 47.3 Å². The molecule has 0 aliphatic rings. The molecule has 2 N–H and O–H groups in total. The summed E-state index contributed by atoms with van der Waals surface area (Å²) in [7, 11) is 3.05. The third kappa shape index (κ3) is 3.45. The van der Waals surface area contributed by atoms with Crippen LogP contribution in [0.5, 0.6) is 11.5 Å². The zero-order valence-corrected chi connectivity index (χ0v) is 13.8. The van der Waals surface area contributed by atoms with Crippen molar-refractivity contribution in [1.82, 2.24) is 15.3 Å². The van der Waals surface area contributed by atoms with E-state index in [1.54, 1.807) is 25.3 Å². The molecule has 1 aromatic heterocycles. The Morgan fingerprint density at radius 2 is 1.96 bits per heavy atom. The van der Waals surface area contributed by atoms with Crippen molar-refractivity contribution < 1.29 is 14.3 Å². The van der Waals surface area contributed by atoms with Gasteiger partial charge in [0.15, 0.2) is 5.82 Å². The van der Waals surface area contributed by atoms with Crippen LogP contribution >= 0.6 is 0 Å². The van der Waals surface area contributed by atoms with Crippen LogP contribution in [-0.2, 0) is 6.54 Å². The Hall–Kier alpha value is -3.35. The molecule has 0 spiro atoms. The van der Waals surface area contributed by atoms with Crippen LogP contribution in [-0.4, -0.2) is 30.1 Å². The molecule has 1 heterocycles. The number of aromatic nitrogens is 2. The number of nitrogens with one attached hydrogen (secondary N) is 2. The third-order valence-corrected chi connectivity index (χ3v) is 3.72. The smallest absolute Gasteiger partial charge is 0.287 e. The highest BCUT2D eigenvalue weighted by molar-refractivity contribution is 5.93. The minimum Gasteiger partial charge on any atom is -0.497 e. The van der Waals surface area contributed by atoms with Crippen LogP contribution in [0.1, 0.15) is 16.2 Å². The molecule has 7 nitrogen and oxygen atoms in total. The molecule has 0 saturated heterocycles. The second kappa shape index (κ2) is 7.04. The maximum atomic E-state index is 12.3. The van der Waals surface area contributed by atoms with Gasteiger partial charge in [-0.25, -0.2) is 4.98 Å². The number of aromatic amines is 1. The van der Waals surface area contributed by atoms with Crippen molar-refractivity contribution in [3.05, 3.63) is 64.2 Å². The van der Waals surface area contributed by atoms with E-state index in [1.807, 2.05) is 24.3 Å². The molecule has 0 fully saturated rings. The van der Waals surface area contributed by atoms with E-state index in [2.05, 4.69) is 15.3 Å². The summed E-state index contributed by atoms with van der Waals surface area (Å²) in [6, 6.07) is 12.4. The summed E-state index contributed by atoms with van der Waals surface area (Å²) >= 11 is 0. The number of fused-ring (bicyclic) bond motifs is 1. The fourth-order valence-corrected chi connectivity index (χ4v) is 2.49. The predicted molar refractivity (Wildman–Crippen MR) is 93.1 cm³/mol. The lowest BCUT2D eigenvalue weighted by Gasteiger charge is -2.08. The van der Waals surface area contributed by atoms with Gasteiger partial charge < -0.3 is 19.8 Å². The number of carbonyl (C=O) groups excluding carboxylic acids is 1. The van der Waals surface area contributed by atoms with Crippen LogP contribution < -0.4 is 20.3 Å². The first-order valence-electron chi connectivity index (χ1n) is 7.60. The van der Waals surface area contributed by atoms with E-state index >= 15 is 0 Å². The lowest BCUT2D eigenvalue weighted by atomic mass is 10.2. The quantitative estimate of drug-likeness (QED) is 0.740. The van der Waals surface area contributed by atoms with Crippen LogP contribution in [0.25, 0.3) is 10.9 Å². The number of benzene rings is 2.